The minimum Gasteiger partial charge on any atom is -0.503 e. The topological polar surface area (TPSA) is 71.5 Å². The number of halogens is 1. The number of alkyl halides is 1. The number of pyridine rings is 1. The predicted octanol–water partition coefficient (Wildman–Crippen LogP) is 0.973. The number of ether oxygens (including phenoxy) is 1. The van der Waals surface area contributed by atoms with E-state index in [0.717, 1.165) is 0 Å². The highest BCUT2D eigenvalue weighted by molar-refractivity contribution is 6.28. The second kappa shape index (κ2) is 4.66. The van der Waals surface area contributed by atoms with E-state index in [2.05, 4.69) is 10.3 Å². The molecular formula is C8H9ClN2O3. The van der Waals surface area contributed by atoms with E-state index in [1.807, 2.05) is 0 Å². The molecule has 0 bridgehead atoms. The van der Waals surface area contributed by atoms with Gasteiger partial charge in [0, 0.05) is 0 Å². The maximum Gasteiger partial charge on any atom is 0.258 e. The summed E-state index contributed by atoms with van der Waals surface area (Å²) < 4.78 is 4.76. The third kappa shape index (κ3) is 2.50. The van der Waals surface area contributed by atoms with Crippen molar-refractivity contribution in [1.82, 2.24) is 4.98 Å². The van der Waals surface area contributed by atoms with Crippen LogP contribution in [-0.2, 0) is 4.79 Å². The molecule has 0 saturated heterocycles. The van der Waals surface area contributed by atoms with Crippen LogP contribution in [0.4, 0.5) is 5.82 Å². The van der Waals surface area contributed by atoms with Crippen molar-refractivity contribution in [3.05, 3.63) is 12.1 Å². The maximum absolute atomic E-state index is 10.9. The van der Waals surface area contributed by atoms with E-state index >= 15 is 0 Å². The fraction of sp³-hybridized carbons (Fsp3) is 0.250. The molecule has 0 aliphatic rings. The maximum atomic E-state index is 10.9. The summed E-state index contributed by atoms with van der Waals surface area (Å²) in [4.78, 5) is 14.7. The van der Waals surface area contributed by atoms with Crippen molar-refractivity contribution < 1.29 is 14.6 Å². The lowest BCUT2D eigenvalue weighted by Gasteiger charge is -2.05. The summed E-state index contributed by atoms with van der Waals surface area (Å²) in [7, 11) is 1.37. The number of hydrogen-bond acceptors (Lipinski definition) is 4. The summed E-state index contributed by atoms with van der Waals surface area (Å²) in [5.74, 6) is -0.267. The van der Waals surface area contributed by atoms with Gasteiger partial charge in [0.15, 0.2) is 5.75 Å². The van der Waals surface area contributed by atoms with Crippen molar-refractivity contribution in [3.8, 4) is 11.6 Å². The lowest BCUT2D eigenvalue weighted by molar-refractivity contribution is -0.113. The Morgan fingerprint density at radius 3 is 3.00 bits per heavy atom. The van der Waals surface area contributed by atoms with Gasteiger partial charge in [0.1, 0.15) is 11.7 Å². The summed E-state index contributed by atoms with van der Waals surface area (Å²) in [6, 6.07) is 2.82. The Kier molecular flexibility index (Phi) is 3.53. The fourth-order valence-corrected chi connectivity index (χ4v) is 0.896. The van der Waals surface area contributed by atoms with Crippen LogP contribution in [0.3, 0.4) is 0 Å². The highest BCUT2D eigenvalue weighted by atomic mass is 35.5. The standard InChI is InChI=1S/C8H9ClN2O3/c1-14-8-5(12)2-3-6(11-8)10-7(13)4-9/h2-3,12H,4H2,1H3,(H,10,11,13). The molecule has 1 aromatic rings. The first-order chi connectivity index (χ1) is 6.67. The van der Waals surface area contributed by atoms with Crippen LogP contribution in [0.15, 0.2) is 12.1 Å². The van der Waals surface area contributed by atoms with Gasteiger partial charge >= 0.3 is 0 Å². The Bertz CT molecular complexity index is 343. The van der Waals surface area contributed by atoms with Crippen molar-refractivity contribution in [2.45, 2.75) is 0 Å². The van der Waals surface area contributed by atoms with E-state index in [0.29, 0.717) is 0 Å². The Morgan fingerprint density at radius 1 is 1.71 bits per heavy atom. The normalized spacial score (nSPS) is 9.57. The molecule has 2 N–H and O–H groups in total. The molecule has 0 aliphatic carbocycles. The smallest absolute Gasteiger partial charge is 0.258 e. The number of carbonyl (C=O) groups excluding carboxylic acids is 1. The molecule has 0 atom stereocenters. The number of hydrogen-bond donors (Lipinski definition) is 2. The molecule has 1 heterocycles. The van der Waals surface area contributed by atoms with Gasteiger partial charge in [0.2, 0.25) is 5.91 Å². The second-order valence-electron chi connectivity index (χ2n) is 2.41. The Hall–Kier alpha value is -1.49. The van der Waals surface area contributed by atoms with Crippen LogP contribution in [0.5, 0.6) is 11.6 Å². The number of nitrogens with zero attached hydrogens (tertiary/aromatic N) is 1. The zero-order valence-corrected chi connectivity index (χ0v) is 8.21. The third-order valence-electron chi connectivity index (χ3n) is 1.42. The van der Waals surface area contributed by atoms with E-state index in [1.54, 1.807) is 0 Å². The minimum absolute atomic E-state index is 0.0531. The minimum atomic E-state index is -0.369. The summed E-state index contributed by atoms with van der Waals surface area (Å²) >= 11 is 5.29. The molecule has 0 spiro atoms. The van der Waals surface area contributed by atoms with Crippen LogP contribution in [0.1, 0.15) is 0 Å². The van der Waals surface area contributed by atoms with Gasteiger partial charge in [0.05, 0.1) is 7.11 Å². The van der Waals surface area contributed by atoms with Gasteiger partial charge in [0.25, 0.3) is 5.88 Å². The summed E-state index contributed by atoms with van der Waals surface area (Å²) in [6.07, 6.45) is 0. The largest absolute Gasteiger partial charge is 0.503 e. The van der Waals surface area contributed by atoms with Crippen LogP contribution in [0.25, 0.3) is 0 Å². The van der Waals surface area contributed by atoms with Crippen LogP contribution < -0.4 is 10.1 Å². The number of amides is 1. The number of carbonyl (C=O) groups is 1. The molecule has 0 aliphatic heterocycles. The number of rotatable bonds is 3. The molecule has 0 fully saturated rings. The number of anilines is 1. The first-order valence-corrected chi connectivity index (χ1v) is 4.30. The number of methoxy groups -OCH3 is 1. The highest BCUT2D eigenvalue weighted by Gasteiger charge is 2.06. The average Bonchev–Trinajstić information content (AvgIpc) is 2.20. The molecule has 5 nitrogen and oxygen atoms in total. The van der Waals surface area contributed by atoms with Crippen LogP contribution >= 0.6 is 11.6 Å². The van der Waals surface area contributed by atoms with E-state index < -0.39 is 0 Å². The molecule has 0 unspecified atom stereocenters. The van der Waals surface area contributed by atoms with Gasteiger partial charge in [-0.3, -0.25) is 4.79 Å². The quantitative estimate of drug-likeness (QED) is 0.739. The van der Waals surface area contributed by atoms with Crippen LogP contribution in [0.2, 0.25) is 0 Å². The summed E-state index contributed by atoms with van der Waals surface area (Å²) in [6.45, 7) is 0. The van der Waals surface area contributed by atoms with Gasteiger partial charge in [-0.15, -0.1) is 11.6 Å². The number of aromatic nitrogens is 1. The Morgan fingerprint density at radius 2 is 2.43 bits per heavy atom. The van der Waals surface area contributed by atoms with Gasteiger partial charge in [-0.05, 0) is 12.1 Å². The zero-order chi connectivity index (χ0) is 10.6. The van der Waals surface area contributed by atoms with Gasteiger partial charge in [-0.25, -0.2) is 0 Å². The van der Waals surface area contributed by atoms with Gasteiger partial charge in [-0.2, -0.15) is 4.98 Å². The van der Waals surface area contributed by atoms with Gasteiger partial charge in [-0.1, -0.05) is 0 Å². The summed E-state index contributed by atoms with van der Waals surface area (Å²) in [5.41, 5.74) is 0. The second-order valence-corrected chi connectivity index (χ2v) is 2.67. The molecule has 1 rings (SSSR count). The third-order valence-corrected chi connectivity index (χ3v) is 1.67. The van der Waals surface area contributed by atoms with E-state index in [4.69, 9.17) is 16.3 Å². The average molecular weight is 217 g/mol. The summed E-state index contributed by atoms with van der Waals surface area (Å²) in [5, 5.41) is 11.6. The molecule has 1 amide bonds. The molecule has 1 aromatic heterocycles. The molecule has 76 valence electrons. The van der Waals surface area contributed by atoms with Crippen molar-refractivity contribution in [3.63, 3.8) is 0 Å². The first kappa shape index (κ1) is 10.6. The predicted molar refractivity (Wildman–Crippen MR) is 51.8 cm³/mol. The van der Waals surface area contributed by atoms with Crippen molar-refractivity contribution in [2.24, 2.45) is 0 Å². The van der Waals surface area contributed by atoms with Crippen molar-refractivity contribution in [1.29, 1.82) is 0 Å². The van der Waals surface area contributed by atoms with E-state index in [9.17, 15) is 9.90 Å². The van der Waals surface area contributed by atoms with E-state index in [1.165, 1.54) is 19.2 Å². The number of nitrogens with one attached hydrogen (secondary N) is 1. The molecule has 14 heavy (non-hydrogen) atoms. The molecule has 6 heteroatoms. The lowest BCUT2D eigenvalue weighted by Crippen LogP contribution is -2.13. The van der Waals surface area contributed by atoms with Crippen LogP contribution in [-0.4, -0.2) is 29.0 Å². The van der Waals surface area contributed by atoms with Crippen molar-refractivity contribution in [2.75, 3.05) is 18.3 Å². The number of aromatic hydroxyl groups is 1. The molecule has 0 saturated carbocycles. The Balaban J connectivity index is 2.84. The molecular weight excluding hydrogens is 208 g/mol. The monoisotopic (exact) mass is 216 g/mol. The lowest BCUT2D eigenvalue weighted by atomic mass is 10.4. The highest BCUT2D eigenvalue weighted by Crippen LogP contribution is 2.24. The van der Waals surface area contributed by atoms with E-state index in [-0.39, 0.29) is 29.2 Å². The van der Waals surface area contributed by atoms with Crippen LogP contribution in [0, 0.1) is 0 Å². The Labute approximate surface area is 85.7 Å². The zero-order valence-electron chi connectivity index (χ0n) is 7.45. The molecule has 0 radical (unpaired) electrons. The SMILES string of the molecule is COc1nc(NC(=O)CCl)ccc1O. The molecule has 0 aromatic carbocycles. The first-order valence-electron chi connectivity index (χ1n) is 3.77. The van der Waals surface area contributed by atoms with Crippen molar-refractivity contribution >= 4 is 23.3 Å². The van der Waals surface area contributed by atoms with Gasteiger partial charge < -0.3 is 15.2 Å². The fourth-order valence-electron chi connectivity index (χ4n) is 0.829.